The molecule has 2 N–H and O–H groups in total. The standard InChI is InChI=1S/C30H40N2/c1-5-14-27(15-6-1)18-9-3-11-22-31-25-29-20-13-21-30(24-29)26-32-23-12-4-10-19-28-16-7-2-8-17-28/h1-2,5-8,13-17,20-21,24,31-32H,3-4,9-12,18-19,22-23,25-26H2. The van der Waals surface area contributed by atoms with E-state index in [-0.39, 0.29) is 0 Å². The van der Waals surface area contributed by atoms with E-state index in [1.54, 1.807) is 0 Å². The van der Waals surface area contributed by atoms with Crippen LogP contribution in [0.15, 0.2) is 84.9 Å². The van der Waals surface area contributed by atoms with E-state index >= 15 is 0 Å². The van der Waals surface area contributed by atoms with Gasteiger partial charge in [0.25, 0.3) is 0 Å². The van der Waals surface area contributed by atoms with Gasteiger partial charge in [0.05, 0.1) is 0 Å². The van der Waals surface area contributed by atoms with Gasteiger partial charge in [-0.15, -0.1) is 0 Å². The van der Waals surface area contributed by atoms with Gasteiger partial charge in [-0.2, -0.15) is 0 Å². The fraction of sp³-hybridized carbons (Fsp3) is 0.400. The van der Waals surface area contributed by atoms with Crippen LogP contribution in [0.4, 0.5) is 0 Å². The van der Waals surface area contributed by atoms with Crippen molar-refractivity contribution in [1.82, 2.24) is 10.6 Å². The summed E-state index contributed by atoms with van der Waals surface area (Å²) in [7, 11) is 0. The van der Waals surface area contributed by atoms with Gasteiger partial charge in [0, 0.05) is 13.1 Å². The second-order valence-corrected chi connectivity index (χ2v) is 8.77. The molecule has 32 heavy (non-hydrogen) atoms. The summed E-state index contributed by atoms with van der Waals surface area (Å²) in [5.74, 6) is 0. The summed E-state index contributed by atoms with van der Waals surface area (Å²) in [5.41, 5.74) is 5.68. The molecule has 2 nitrogen and oxygen atoms in total. The molecule has 0 saturated heterocycles. The van der Waals surface area contributed by atoms with Crippen molar-refractivity contribution in [3.05, 3.63) is 107 Å². The van der Waals surface area contributed by atoms with Gasteiger partial charge in [0.1, 0.15) is 0 Å². The van der Waals surface area contributed by atoms with Gasteiger partial charge < -0.3 is 10.6 Å². The van der Waals surface area contributed by atoms with E-state index in [9.17, 15) is 0 Å². The summed E-state index contributed by atoms with van der Waals surface area (Å²) in [6.07, 6.45) is 10.0. The molecular formula is C30H40N2. The first-order valence-electron chi connectivity index (χ1n) is 12.5. The predicted molar refractivity (Wildman–Crippen MR) is 138 cm³/mol. The third-order valence-electron chi connectivity index (χ3n) is 5.97. The van der Waals surface area contributed by atoms with Crippen LogP contribution in [0.1, 0.15) is 60.8 Å². The number of aryl methyl sites for hydroxylation is 2. The van der Waals surface area contributed by atoms with Gasteiger partial charge in [-0.3, -0.25) is 0 Å². The molecule has 0 bridgehead atoms. The van der Waals surface area contributed by atoms with Crippen LogP contribution < -0.4 is 10.6 Å². The zero-order valence-corrected chi connectivity index (χ0v) is 19.6. The molecule has 0 heterocycles. The monoisotopic (exact) mass is 428 g/mol. The van der Waals surface area contributed by atoms with Crippen molar-refractivity contribution in [1.29, 1.82) is 0 Å². The third-order valence-corrected chi connectivity index (χ3v) is 5.97. The van der Waals surface area contributed by atoms with E-state index in [1.165, 1.54) is 73.6 Å². The molecule has 0 aliphatic rings. The van der Waals surface area contributed by atoms with Crippen LogP contribution >= 0.6 is 0 Å². The quantitative estimate of drug-likeness (QED) is 0.248. The summed E-state index contributed by atoms with van der Waals surface area (Å²) in [5, 5.41) is 7.22. The molecular weight excluding hydrogens is 388 g/mol. The molecule has 0 unspecified atom stereocenters. The van der Waals surface area contributed by atoms with Crippen molar-refractivity contribution < 1.29 is 0 Å². The lowest BCUT2D eigenvalue weighted by Gasteiger charge is -2.09. The van der Waals surface area contributed by atoms with Crippen molar-refractivity contribution in [2.75, 3.05) is 13.1 Å². The Morgan fingerprint density at radius 2 is 0.844 bits per heavy atom. The minimum absolute atomic E-state index is 0.964. The van der Waals surface area contributed by atoms with Gasteiger partial charge in [-0.25, -0.2) is 0 Å². The Balaban J connectivity index is 1.19. The molecule has 2 heteroatoms. The maximum absolute atomic E-state index is 3.61. The maximum atomic E-state index is 3.61. The molecule has 0 aromatic heterocycles. The minimum atomic E-state index is 0.964. The molecule has 3 aromatic rings. The molecule has 0 amide bonds. The smallest absolute Gasteiger partial charge is 0.0205 e. The zero-order chi connectivity index (χ0) is 22.1. The van der Waals surface area contributed by atoms with Crippen LogP contribution in [0.2, 0.25) is 0 Å². The Kier molecular flexibility index (Phi) is 11.7. The Bertz CT molecular complexity index is 776. The first kappa shape index (κ1) is 24.2. The van der Waals surface area contributed by atoms with E-state index in [2.05, 4.69) is 95.6 Å². The highest BCUT2D eigenvalue weighted by molar-refractivity contribution is 5.23. The highest BCUT2D eigenvalue weighted by Crippen LogP contribution is 2.08. The topological polar surface area (TPSA) is 24.1 Å². The lowest BCUT2D eigenvalue weighted by Crippen LogP contribution is -2.16. The SMILES string of the molecule is c1ccc(CCCCCNCc2cccc(CNCCCCCc3ccccc3)c2)cc1. The average molecular weight is 429 g/mol. The van der Waals surface area contributed by atoms with Gasteiger partial charge in [0.15, 0.2) is 0 Å². The molecule has 0 fully saturated rings. The van der Waals surface area contributed by atoms with Gasteiger partial charge in [-0.1, -0.05) is 97.8 Å². The number of unbranched alkanes of at least 4 members (excludes halogenated alkanes) is 4. The molecule has 0 aliphatic heterocycles. The fourth-order valence-electron chi connectivity index (χ4n) is 4.12. The van der Waals surface area contributed by atoms with Crippen LogP contribution in [0.5, 0.6) is 0 Å². The van der Waals surface area contributed by atoms with E-state index in [0.717, 1.165) is 26.2 Å². The molecule has 170 valence electrons. The first-order chi connectivity index (χ1) is 15.9. The van der Waals surface area contributed by atoms with Crippen LogP contribution in [-0.4, -0.2) is 13.1 Å². The largest absolute Gasteiger partial charge is 0.313 e. The normalized spacial score (nSPS) is 11.0. The molecule has 0 radical (unpaired) electrons. The first-order valence-corrected chi connectivity index (χ1v) is 12.5. The second-order valence-electron chi connectivity index (χ2n) is 8.77. The molecule has 3 rings (SSSR count). The number of nitrogens with one attached hydrogen (secondary N) is 2. The van der Waals surface area contributed by atoms with Crippen LogP contribution in [0.3, 0.4) is 0 Å². The zero-order valence-electron chi connectivity index (χ0n) is 19.6. The van der Waals surface area contributed by atoms with E-state index in [0.29, 0.717) is 0 Å². The van der Waals surface area contributed by atoms with E-state index in [4.69, 9.17) is 0 Å². The average Bonchev–Trinajstić information content (AvgIpc) is 2.84. The summed E-state index contributed by atoms with van der Waals surface area (Å²) in [4.78, 5) is 0. The molecule has 0 atom stereocenters. The number of hydrogen-bond acceptors (Lipinski definition) is 2. The van der Waals surface area contributed by atoms with Crippen molar-refractivity contribution in [3.8, 4) is 0 Å². The third kappa shape index (κ3) is 10.3. The Hall–Kier alpha value is -2.42. The van der Waals surface area contributed by atoms with Crippen molar-refractivity contribution in [2.24, 2.45) is 0 Å². The number of rotatable bonds is 16. The van der Waals surface area contributed by atoms with Crippen molar-refractivity contribution >= 4 is 0 Å². The minimum Gasteiger partial charge on any atom is -0.313 e. The molecule has 0 saturated carbocycles. The highest BCUT2D eigenvalue weighted by Gasteiger charge is 1.98. The maximum Gasteiger partial charge on any atom is 0.0205 e. The predicted octanol–water partition coefficient (Wildman–Crippen LogP) is 6.69. The molecule has 3 aromatic carbocycles. The summed E-state index contributed by atoms with van der Waals surface area (Å²) in [6, 6.07) is 30.6. The van der Waals surface area contributed by atoms with E-state index in [1.807, 2.05) is 0 Å². The Morgan fingerprint density at radius 1 is 0.406 bits per heavy atom. The summed E-state index contributed by atoms with van der Waals surface area (Å²) in [6.45, 7) is 4.12. The Morgan fingerprint density at radius 3 is 1.31 bits per heavy atom. The fourth-order valence-corrected chi connectivity index (χ4v) is 4.12. The second kappa shape index (κ2) is 15.4. The summed E-state index contributed by atoms with van der Waals surface area (Å²) >= 11 is 0. The summed E-state index contributed by atoms with van der Waals surface area (Å²) < 4.78 is 0. The van der Waals surface area contributed by atoms with Crippen LogP contribution in [0.25, 0.3) is 0 Å². The van der Waals surface area contributed by atoms with Crippen molar-refractivity contribution in [3.63, 3.8) is 0 Å². The lowest BCUT2D eigenvalue weighted by molar-refractivity contribution is 0.598. The van der Waals surface area contributed by atoms with Gasteiger partial charge >= 0.3 is 0 Å². The molecule has 0 aliphatic carbocycles. The van der Waals surface area contributed by atoms with E-state index < -0.39 is 0 Å². The van der Waals surface area contributed by atoms with Crippen LogP contribution in [0, 0.1) is 0 Å². The number of benzene rings is 3. The van der Waals surface area contributed by atoms with Gasteiger partial charge in [-0.05, 0) is 73.9 Å². The van der Waals surface area contributed by atoms with Crippen LogP contribution in [-0.2, 0) is 25.9 Å². The Labute approximate surface area is 195 Å². The lowest BCUT2D eigenvalue weighted by atomic mass is 10.1. The number of hydrogen-bond donors (Lipinski definition) is 2. The van der Waals surface area contributed by atoms with Crippen molar-refractivity contribution in [2.45, 2.75) is 64.5 Å². The highest BCUT2D eigenvalue weighted by atomic mass is 14.9. The van der Waals surface area contributed by atoms with Gasteiger partial charge in [0.2, 0.25) is 0 Å². The molecule has 0 spiro atoms.